The summed E-state index contributed by atoms with van der Waals surface area (Å²) in [6.07, 6.45) is 2.28. The van der Waals surface area contributed by atoms with E-state index in [0.717, 1.165) is 12.8 Å². The zero-order valence-corrected chi connectivity index (χ0v) is 7.99. The molecule has 0 aliphatic carbocycles. The molecule has 68 valence electrons. The second-order valence-electron chi connectivity index (χ2n) is 2.49. The summed E-state index contributed by atoms with van der Waals surface area (Å²) in [5, 5.41) is 9.00. The fraction of sp³-hybridized carbons (Fsp3) is 0.875. The second-order valence-corrected chi connectivity index (χ2v) is 2.49. The molecule has 0 aliphatic heterocycles. The van der Waals surface area contributed by atoms with Gasteiger partial charge in [-0.1, -0.05) is 20.3 Å². The summed E-state index contributed by atoms with van der Waals surface area (Å²) in [6.45, 7) is 3.85. The molecule has 0 radical (unpaired) electrons. The van der Waals surface area contributed by atoms with Crippen molar-refractivity contribution in [1.29, 1.82) is 0 Å². The van der Waals surface area contributed by atoms with Gasteiger partial charge in [0.15, 0.2) is 5.78 Å². The van der Waals surface area contributed by atoms with Crippen LogP contribution in [0.5, 0.6) is 0 Å². The Morgan fingerprint density at radius 2 is 2.00 bits per heavy atom. The lowest BCUT2D eigenvalue weighted by Crippen LogP contribution is -2.18. The Balaban J connectivity index is 0. The molecule has 2 nitrogen and oxygen atoms in total. The number of ketones is 1. The Hall–Kier alpha value is -0.0800. The highest BCUT2D eigenvalue weighted by Gasteiger charge is 2.10. The first-order valence-electron chi connectivity index (χ1n) is 3.93. The lowest BCUT2D eigenvalue weighted by molar-refractivity contribution is -0.127. The maximum atomic E-state index is 10.9. The van der Waals surface area contributed by atoms with Crippen molar-refractivity contribution in [2.24, 2.45) is 0 Å². The lowest BCUT2D eigenvalue weighted by atomic mass is 10.1. The maximum Gasteiger partial charge on any atom is 0.161 e. The van der Waals surface area contributed by atoms with Gasteiger partial charge in [-0.2, -0.15) is 0 Å². The van der Waals surface area contributed by atoms with Crippen LogP contribution in [-0.2, 0) is 4.79 Å². The molecule has 0 aliphatic rings. The van der Waals surface area contributed by atoms with Gasteiger partial charge >= 0.3 is 0 Å². The van der Waals surface area contributed by atoms with E-state index >= 15 is 0 Å². The van der Waals surface area contributed by atoms with E-state index in [9.17, 15) is 4.79 Å². The number of hydrogen-bond donors (Lipinski definition) is 1. The molecule has 0 aromatic rings. The third-order valence-corrected chi connectivity index (χ3v) is 1.54. The summed E-state index contributed by atoms with van der Waals surface area (Å²) in [6, 6.07) is 0. The molecule has 0 heterocycles. The Kier molecular flexibility index (Phi) is 9.85. The molecule has 0 aromatic heterocycles. The molecule has 1 unspecified atom stereocenters. The summed E-state index contributed by atoms with van der Waals surface area (Å²) >= 11 is 0. The first-order chi connectivity index (χ1) is 4.72. The molecule has 0 fully saturated rings. The van der Waals surface area contributed by atoms with Gasteiger partial charge in [-0.15, -0.1) is 12.4 Å². The number of halogens is 1. The maximum absolute atomic E-state index is 10.9. The minimum atomic E-state index is -0.716. The monoisotopic (exact) mass is 180 g/mol. The van der Waals surface area contributed by atoms with Gasteiger partial charge in [0.2, 0.25) is 0 Å². The van der Waals surface area contributed by atoms with Crippen molar-refractivity contribution >= 4 is 18.2 Å². The topological polar surface area (TPSA) is 37.3 Å². The highest BCUT2D eigenvalue weighted by Crippen LogP contribution is 2.01. The van der Waals surface area contributed by atoms with Crippen molar-refractivity contribution in [3.05, 3.63) is 0 Å². The smallest absolute Gasteiger partial charge is 0.161 e. The molecular formula is C8H17ClO2. The van der Waals surface area contributed by atoms with Crippen LogP contribution in [0.15, 0.2) is 0 Å². The van der Waals surface area contributed by atoms with Crippen LogP contribution in [0.4, 0.5) is 0 Å². The summed E-state index contributed by atoms with van der Waals surface area (Å²) in [5.41, 5.74) is 0. The first kappa shape index (κ1) is 13.5. The molecule has 0 saturated carbocycles. The summed E-state index contributed by atoms with van der Waals surface area (Å²) < 4.78 is 0. The zero-order chi connectivity index (χ0) is 7.98. The normalized spacial score (nSPS) is 11.9. The fourth-order valence-corrected chi connectivity index (χ4v) is 0.745. The molecular weight excluding hydrogens is 164 g/mol. The van der Waals surface area contributed by atoms with E-state index in [4.69, 9.17) is 5.11 Å². The van der Waals surface area contributed by atoms with Gasteiger partial charge in [0.25, 0.3) is 0 Å². The predicted molar refractivity (Wildman–Crippen MR) is 48.1 cm³/mol. The molecule has 1 atom stereocenters. The summed E-state index contributed by atoms with van der Waals surface area (Å²) in [4.78, 5) is 10.9. The molecule has 11 heavy (non-hydrogen) atoms. The molecule has 1 N–H and O–H groups in total. The van der Waals surface area contributed by atoms with Crippen molar-refractivity contribution < 1.29 is 9.90 Å². The van der Waals surface area contributed by atoms with Crippen LogP contribution < -0.4 is 0 Å². The van der Waals surface area contributed by atoms with Crippen LogP contribution in [0, 0.1) is 0 Å². The third-order valence-electron chi connectivity index (χ3n) is 1.54. The molecule has 0 aromatic carbocycles. The third kappa shape index (κ3) is 6.32. The second kappa shape index (κ2) is 8.02. The highest BCUT2D eigenvalue weighted by molar-refractivity contribution is 5.85. The van der Waals surface area contributed by atoms with Gasteiger partial charge < -0.3 is 5.11 Å². The van der Waals surface area contributed by atoms with Crippen molar-refractivity contribution in [1.82, 2.24) is 0 Å². The van der Waals surface area contributed by atoms with Crippen LogP contribution in [0.3, 0.4) is 0 Å². The van der Waals surface area contributed by atoms with Gasteiger partial charge in [-0.05, 0) is 12.8 Å². The van der Waals surface area contributed by atoms with E-state index < -0.39 is 6.10 Å². The van der Waals surface area contributed by atoms with E-state index in [1.807, 2.05) is 13.8 Å². The van der Waals surface area contributed by atoms with Crippen LogP contribution in [0.1, 0.15) is 39.5 Å². The van der Waals surface area contributed by atoms with Crippen molar-refractivity contribution in [3.8, 4) is 0 Å². The Labute approximate surface area is 74.4 Å². The Morgan fingerprint density at radius 3 is 2.36 bits per heavy atom. The van der Waals surface area contributed by atoms with E-state index in [-0.39, 0.29) is 18.2 Å². The van der Waals surface area contributed by atoms with Crippen molar-refractivity contribution in [2.45, 2.75) is 45.6 Å². The largest absolute Gasteiger partial charge is 0.385 e. The molecule has 3 heteroatoms. The van der Waals surface area contributed by atoms with Crippen LogP contribution in [0.2, 0.25) is 0 Å². The van der Waals surface area contributed by atoms with Crippen LogP contribution in [0.25, 0.3) is 0 Å². The van der Waals surface area contributed by atoms with Gasteiger partial charge in [0.1, 0.15) is 6.10 Å². The number of carbonyl (C=O) groups is 1. The standard InChI is InChI=1S/C8H16O2.ClH/c1-3-5-6-8(10)7(9)4-2;/h7,9H,3-6H2,1-2H3;1H. The Bertz CT molecular complexity index is 104. The van der Waals surface area contributed by atoms with Crippen LogP contribution >= 0.6 is 12.4 Å². The first-order valence-corrected chi connectivity index (χ1v) is 3.93. The Morgan fingerprint density at radius 1 is 1.45 bits per heavy atom. The van der Waals surface area contributed by atoms with E-state index in [0.29, 0.717) is 12.8 Å². The number of rotatable bonds is 5. The van der Waals surface area contributed by atoms with E-state index in [2.05, 4.69) is 0 Å². The lowest BCUT2D eigenvalue weighted by Gasteiger charge is -2.04. The van der Waals surface area contributed by atoms with Gasteiger partial charge in [0, 0.05) is 6.42 Å². The van der Waals surface area contributed by atoms with E-state index in [1.54, 1.807) is 0 Å². The molecule has 0 saturated heterocycles. The average molecular weight is 181 g/mol. The predicted octanol–water partition coefficient (Wildman–Crippen LogP) is 1.94. The number of aliphatic hydroxyl groups excluding tert-OH is 1. The van der Waals surface area contributed by atoms with Gasteiger partial charge in [0.05, 0.1) is 0 Å². The number of carbonyl (C=O) groups excluding carboxylic acids is 1. The molecule has 0 spiro atoms. The van der Waals surface area contributed by atoms with Crippen LogP contribution in [-0.4, -0.2) is 17.0 Å². The fourth-order valence-electron chi connectivity index (χ4n) is 0.745. The van der Waals surface area contributed by atoms with Crippen molar-refractivity contribution in [3.63, 3.8) is 0 Å². The molecule has 0 amide bonds. The number of Topliss-reactive ketones (excluding diaryl/α,β-unsaturated/α-hetero) is 1. The van der Waals surface area contributed by atoms with Gasteiger partial charge in [-0.3, -0.25) is 4.79 Å². The minimum absolute atomic E-state index is 0. The number of aliphatic hydroxyl groups is 1. The molecule has 0 rings (SSSR count). The average Bonchev–Trinajstić information content (AvgIpc) is 1.98. The number of hydrogen-bond acceptors (Lipinski definition) is 2. The quantitative estimate of drug-likeness (QED) is 0.702. The zero-order valence-electron chi connectivity index (χ0n) is 7.17. The SMILES string of the molecule is CCCCC(=O)C(O)CC.Cl. The highest BCUT2D eigenvalue weighted by atomic mass is 35.5. The summed E-state index contributed by atoms with van der Waals surface area (Å²) in [7, 11) is 0. The molecule has 0 bridgehead atoms. The van der Waals surface area contributed by atoms with Crippen molar-refractivity contribution in [2.75, 3.05) is 0 Å². The van der Waals surface area contributed by atoms with E-state index in [1.165, 1.54) is 0 Å². The van der Waals surface area contributed by atoms with Gasteiger partial charge in [-0.25, -0.2) is 0 Å². The number of unbranched alkanes of at least 4 members (excludes halogenated alkanes) is 1. The summed E-state index contributed by atoms with van der Waals surface area (Å²) in [5.74, 6) is -0.00986. The minimum Gasteiger partial charge on any atom is -0.385 e.